The topological polar surface area (TPSA) is 80.0 Å². The molecule has 0 spiro atoms. The van der Waals surface area contributed by atoms with Gasteiger partial charge < -0.3 is 0 Å². The summed E-state index contributed by atoms with van der Waals surface area (Å²) in [5.74, 6) is 1.27. The maximum absolute atomic E-state index is 5.95. The second kappa shape index (κ2) is 7.97. The Balaban J connectivity index is 1.65. The van der Waals surface area contributed by atoms with Gasteiger partial charge in [0.05, 0.1) is 0 Å². The van der Waals surface area contributed by atoms with Crippen LogP contribution in [0.5, 0.6) is 0 Å². The number of hydrogen-bond donors (Lipinski definition) is 2. The van der Waals surface area contributed by atoms with E-state index in [0.29, 0.717) is 30.9 Å². The Labute approximate surface area is 160 Å². The van der Waals surface area contributed by atoms with Gasteiger partial charge in [0.15, 0.2) is 0 Å². The quantitative estimate of drug-likeness (QED) is 0.336. The molecule has 6 heteroatoms. The zero-order valence-corrected chi connectivity index (χ0v) is 17.3. The van der Waals surface area contributed by atoms with E-state index in [2.05, 4.69) is 48.1 Å². The predicted molar refractivity (Wildman–Crippen MR) is 101 cm³/mol. The van der Waals surface area contributed by atoms with Crippen LogP contribution in [0.2, 0.25) is 0 Å². The van der Waals surface area contributed by atoms with Crippen LogP contribution in [0.15, 0.2) is 34.4 Å². The van der Waals surface area contributed by atoms with Gasteiger partial charge in [-0.05, 0) is 0 Å². The summed E-state index contributed by atoms with van der Waals surface area (Å²) in [6.45, 7) is 9.78. The number of aliphatic imine (C=N–C) groups is 2. The molecule has 25 heavy (non-hydrogen) atoms. The number of rotatable bonds is 6. The molecule has 1 aromatic rings. The van der Waals surface area contributed by atoms with Crippen LogP contribution in [-0.2, 0) is 13.1 Å². The van der Waals surface area contributed by atoms with Crippen molar-refractivity contribution in [3.8, 4) is 0 Å². The van der Waals surface area contributed by atoms with E-state index >= 15 is 0 Å². The molecule has 1 aromatic carbocycles. The summed E-state index contributed by atoms with van der Waals surface area (Å²) < 4.78 is 2.84. The van der Waals surface area contributed by atoms with Crippen molar-refractivity contribution >= 4 is 13.1 Å². The molecule has 0 aliphatic carbocycles. The third kappa shape index (κ3) is 4.30. The van der Waals surface area contributed by atoms with Crippen molar-refractivity contribution in [3.63, 3.8) is 0 Å². The Bertz CT molecular complexity index is 725. The molecule has 0 radical (unpaired) electrons. The Morgan fingerprint density at radius 2 is 2.12 bits per heavy atom. The Hall–Kier alpha value is -1.25. The van der Waals surface area contributed by atoms with Gasteiger partial charge >= 0.3 is 161 Å². The van der Waals surface area contributed by atoms with Gasteiger partial charge in [-0.1, -0.05) is 0 Å². The third-order valence-electron chi connectivity index (χ3n) is 4.68. The van der Waals surface area contributed by atoms with Crippen LogP contribution in [0.3, 0.4) is 0 Å². The van der Waals surface area contributed by atoms with E-state index in [4.69, 9.17) is 16.5 Å². The number of nitrogens with zero attached hydrogens (tertiary/aromatic N) is 3. The molecule has 0 atom stereocenters. The predicted octanol–water partition coefficient (Wildman–Crippen LogP) is -0.838. The van der Waals surface area contributed by atoms with Crippen molar-refractivity contribution in [1.29, 1.82) is 0 Å². The molecule has 2 aliphatic heterocycles. The van der Waals surface area contributed by atoms with Crippen LogP contribution in [0.4, 0.5) is 0 Å². The van der Waals surface area contributed by atoms with E-state index < -0.39 is 0 Å². The third-order valence-corrected chi connectivity index (χ3v) is 7.87. The number of hydrogen-bond acceptors (Lipinski definition) is 4. The summed E-state index contributed by atoms with van der Waals surface area (Å²) in [6, 6.07) is 7.17. The molecular weight excluding hydrogens is 425 g/mol. The van der Waals surface area contributed by atoms with E-state index in [9.17, 15) is 0 Å². The molecule has 1 fully saturated rings. The van der Waals surface area contributed by atoms with E-state index in [-0.39, 0.29) is 21.2 Å². The van der Waals surface area contributed by atoms with E-state index in [1.54, 1.807) is 0 Å². The monoisotopic (exact) mass is 452 g/mol. The van der Waals surface area contributed by atoms with Crippen molar-refractivity contribution in [1.82, 2.24) is 4.90 Å². The summed E-state index contributed by atoms with van der Waals surface area (Å²) in [6.07, 6.45) is 2.08. The van der Waals surface area contributed by atoms with Gasteiger partial charge in [-0.25, -0.2) is 0 Å². The van der Waals surface area contributed by atoms with Crippen LogP contribution in [0.25, 0.3) is 3.58 Å². The molecule has 5 nitrogen and oxygen atoms in total. The SMILES string of the molecule is CC(N)=NCc1ccc(C2=CN=C(C3CN(C(C)C)C3)[I-]2)cc1CN. The van der Waals surface area contributed by atoms with Crippen molar-refractivity contribution in [2.75, 3.05) is 13.1 Å². The number of likely N-dealkylation sites (tertiary alicyclic amines) is 1. The van der Waals surface area contributed by atoms with Gasteiger partial charge in [-0.15, -0.1) is 0 Å². The van der Waals surface area contributed by atoms with E-state index in [1.165, 1.54) is 26.0 Å². The average Bonchev–Trinajstić information content (AvgIpc) is 3.00. The van der Waals surface area contributed by atoms with Crippen LogP contribution in [0.1, 0.15) is 37.5 Å². The Morgan fingerprint density at radius 1 is 1.36 bits per heavy atom. The number of amidine groups is 1. The molecule has 136 valence electrons. The van der Waals surface area contributed by atoms with Gasteiger partial charge in [-0.2, -0.15) is 0 Å². The minimum atomic E-state index is -0.154. The molecule has 3 rings (SSSR count). The van der Waals surface area contributed by atoms with Crippen molar-refractivity contribution < 1.29 is 21.2 Å². The van der Waals surface area contributed by atoms with Crippen LogP contribution in [-0.4, -0.2) is 33.6 Å². The Kier molecular flexibility index (Phi) is 5.91. The van der Waals surface area contributed by atoms with Crippen molar-refractivity contribution in [2.24, 2.45) is 27.4 Å². The molecule has 0 bridgehead atoms. The summed E-state index contributed by atoms with van der Waals surface area (Å²) in [4.78, 5) is 11.6. The van der Waals surface area contributed by atoms with Gasteiger partial charge in [-0.3, -0.25) is 0 Å². The first-order chi connectivity index (χ1) is 12.0. The number of nitrogens with two attached hydrogens (primary N) is 2. The Morgan fingerprint density at radius 3 is 2.76 bits per heavy atom. The summed E-state index contributed by atoms with van der Waals surface area (Å²) in [5.41, 5.74) is 15.2. The average molecular weight is 452 g/mol. The summed E-state index contributed by atoms with van der Waals surface area (Å²) >= 11 is -0.154. The fourth-order valence-corrected chi connectivity index (χ4v) is 5.63. The second-order valence-electron chi connectivity index (χ2n) is 6.91. The van der Waals surface area contributed by atoms with E-state index in [1.807, 2.05) is 6.92 Å². The molecule has 0 saturated carbocycles. The summed E-state index contributed by atoms with van der Waals surface area (Å²) in [7, 11) is 0. The van der Waals surface area contributed by atoms with Crippen LogP contribution in [0, 0.1) is 5.92 Å². The standard InChI is InChI=1S/C19H27IN5/c1-12(2)25-10-17(11-25)19-20-18(9-24-19)14-4-5-15(8-23-13(3)22)16(6-14)7-21/h4-6,9,12,17H,7-8,10-11,21H2,1-3H3,(H2,22,23)/q-1. The van der Waals surface area contributed by atoms with Crippen LogP contribution < -0.4 is 32.7 Å². The van der Waals surface area contributed by atoms with Gasteiger partial charge in [0, 0.05) is 0 Å². The second-order valence-corrected chi connectivity index (χ2v) is 9.72. The van der Waals surface area contributed by atoms with E-state index in [0.717, 1.165) is 11.1 Å². The molecule has 0 amide bonds. The molecule has 0 unspecified atom stereocenters. The first-order valence-electron chi connectivity index (χ1n) is 8.73. The molecule has 2 heterocycles. The zero-order chi connectivity index (χ0) is 18.0. The summed E-state index contributed by atoms with van der Waals surface area (Å²) in [5, 5.41) is 0. The number of benzene rings is 1. The first-order valence-corrected chi connectivity index (χ1v) is 10.9. The molecular formula is C19H27IN5-. The number of halogens is 1. The molecule has 1 saturated heterocycles. The van der Waals surface area contributed by atoms with Gasteiger partial charge in [0.2, 0.25) is 0 Å². The van der Waals surface area contributed by atoms with Gasteiger partial charge in [0.1, 0.15) is 0 Å². The van der Waals surface area contributed by atoms with Gasteiger partial charge in [0.25, 0.3) is 0 Å². The zero-order valence-electron chi connectivity index (χ0n) is 15.2. The maximum atomic E-state index is 5.95. The first kappa shape index (κ1) is 18.5. The fraction of sp³-hybridized carbons (Fsp3) is 0.474. The molecule has 4 N–H and O–H groups in total. The van der Waals surface area contributed by atoms with Crippen molar-refractivity contribution in [3.05, 3.63) is 41.1 Å². The van der Waals surface area contributed by atoms with Crippen molar-refractivity contribution in [2.45, 2.75) is 39.9 Å². The fourth-order valence-electron chi connectivity index (χ4n) is 3.00. The molecule has 0 aromatic heterocycles. The normalized spacial score (nSPS) is 19.5. The minimum absolute atomic E-state index is 0.154. The molecule has 2 aliphatic rings. The van der Waals surface area contributed by atoms with Crippen LogP contribution >= 0.6 is 0 Å².